The molecule has 2 atom stereocenters. The van der Waals surface area contributed by atoms with Crippen LogP contribution in [-0.2, 0) is 4.74 Å². The Balaban J connectivity index is 2.05. The fourth-order valence-electron chi connectivity index (χ4n) is 2.02. The van der Waals surface area contributed by atoms with E-state index in [9.17, 15) is 0 Å². The molecule has 0 aromatic rings. The molecule has 2 nitrogen and oxygen atoms in total. The van der Waals surface area contributed by atoms with Crippen molar-refractivity contribution >= 4 is 11.8 Å². The van der Waals surface area contributed by atoms with E-state index < -0.39 is 0 Å². The highest BCUT2D eigenvalue weighted by atomic mass is 32.2. The second kappa shape index (κ2) is 8.37. The van der Waals surface area contributed by atoms with Gasteiger partial charge in [0.1, 0.15) is 0 Å². The quantitative estimate of drug-likeness (QED) is 0.710. The number of hydrogen-bond donors (Lipinski definition) is 1. The first kappa shape index (κ1) is 14.3. The van der Waals surface area contributed by atoms with Crippen molar-refractivity contribution < 1.29 is 4.74 Å². The average molecular weight is 245 g/mol. The first-order valence-electron chi connectivity index (χ1n) is 6.59. The second-order valence-corrected chi connectivity index (χ2v) is 6.20. The average Bonchev–Trinajstić information content (AvgIpc) is 2.75. The molecule has 0 aromatic heterocycles. The van der Waals surface area contributed by atoms with Crippen molar-refractivity contribution in [3.05, 3.63) is 0 Å². The van der Waals surface area contributed by atoms with E-state index in [1.54, 1.807) is 0 Å². The maximum atomic E-state index is 5.66. The molecule has 96 valence electrons. The Kier molecular flexibility index (Phi) is 7.50. The molecule has 0 amide bonds. The zero-order chi connectivity index (χ0) is 11.8. The van der Waals surface area contributed by atoms with Crippen molar-refractivity contribution in [1.82, 2.24) is 5.32 Å². The molecule has 1 heterocycles. The Labute approximate surface area is 105 Å². The van der Waals surface area contributed by atoms with Crippen molar-refractivity contribution in [3.8, 4) is 0 Å². The van der Waals surface area contributed by atoms with E-state index in [2.05, 4.69) is 38.0 Å². The van der Waals surface area contributed by atoms with Crippen LogP contribution < -0.4 is 5.32 Å². The number of thioether (sulfide) groups is 1. The Morgan fingerprint density at radius 3 is 2.75 bits per heavy atom. The lowest BCUT2D eigenvalue weighted by atomic mass is 10.1. The van der Waals surface area contributed by atoms with Crippen molar-refractivity contribution in [1.29, 1.82) is 0 Å². The summed E-state index contributed by atoms with van der Waals surface area (Å²) in [7, 11) is 2.08. The van der Waals surface area contributed by atoms with E-state index in [1.165, 1.54) is 37.2 Å². The Hall–Kier alpha value is 0.270. The van der Waals surface area contributed by atoms with Gasteiger partial charge in [-0.3, -0.25) is 0 Å². The lowest BCUT2D eigenvalue weighted by Gasteiger charge is -2.18. The fraction of sp³-hybridized carbons (Fsp3) is 1.00. The molecule has 1 N–H and O–H groups in total. The highest BCUT2D eigenvalue weighted by molar-refractivity contribution is 7.99. The van der Waals surface area contributed by atoms with Crippen LogP contribution in [0.15, 0.2) is 0 Å². The molecule has 0 aromatic carbocycles. The zero-order valence-corrected chi connectivity index (χ0v) is 11.8. The molecule has 0 radical (unpaired) electrons. The highest BCUT2D eigenvalue weighted by Crippen LogP contribution is 2.19. The van der Waals surface area contributed by atoms with Gasteiger partial charge in [0, 0.05) is 18.4 Å². The third kappa shape index (κ3) is 6.12. The van der Waals surface area contributed by atoms with E-state index in [4.69, 9.17) is 4.74 Å². The maximum Gasteiger partial charge on any atom is 0.0576 e. The van der Waals surface area contributed by atoms with E-state index in [1.807, 2.05) is 0 Å². The van der Waals surface area contributed by atoms with E-state index in [0.717, 1.165) is 12.5 Å². The Morgan fingerprint density at radius 1 is 1.38 bits per heavy atom. The standard InChI is InChI=1S/C13H27NOS/c1-11(2)9-16-10-12(14-3)6-7-13-5-4-8-15-13/h11-14H,4-10H2,1-3H3. The minimum Gasteiger partial charge on any atom is -0.378 e. The molecule has 2 unspecified atom stereocenters. The molecule has 1 aliphatic heterocycles. The molecule has 1 fully saturated rings. The third-order valence-corrected chi connectivity index (χ3v) is 4.58. The van der Waals surface area contributed by atoms with E-state index in [-0.39, 0.29) is 0 Å². The number of rotatable bonds is 8. The van der Waals surface area contributed by atoms with Gasteiger partial charge in [0.15, 0.2) is 0 Å². The van der Waals surface area contributed by atoms with Gasteiger partial charge in [-0.25, -0.2) is 0 Å². The van der Waals surface area contributed by atoms with Gasteiger partial charge >= 0.3 is 0 Å². The van der Waals surface area contributed by atoms with Crippen molar-refractivity contribution in [2.75, 3.05) is 25.2 Å². The predicted octanol–water partition coefficient (Wildman–Crippen LogP) is 2.92. The van der Waals surface area contributed by atoms with Crippen LogP contribution in [0.2, 0.25) is 0 Å². The van der Waals surface area contributed by atoms with Crippen LogP contribution in [0.25, 0.3) is 0 Å². The molecule has 1 saturated heterocycles. The topological polar surface area (TPSA) is 21.3 Å². The minimum absolute atomic E-state index is 0.547. The fourth-order valence-corrected chi connectivity index (χ4v) is 3.24. The van der Waals surface area contributed by atoms with Gasteiger partial charge in [-0.15, -0.1) is 0 Å². The first-order chi connectivity index (χ1) is 7.72. The predicted molar refractivity (Wildman–Crippen MR) is 73.2 cm³/mol. The zero-order valence-electron chi connectivity index (χ0n) is 11.0. The van der Waals surface area contributed by atoms with Gasteiger partial charge in [0.2, 0.25) is 0 Å². The monoisotopic (exact) mass is 245 g/mol. The molecular weight excluding hydrogens is 218 g/mol. The minimum atomic E-state index is 0.547. The lowest BCUT2D eigenvalue weighted by molar-refractivity contribution is 0.100. The Morgan fingerprint density at radius 2 is 2.19 bits per heavy atom. The number of hydrogen-bond acceptors (Lipinski definition) is 3. The summed E-state index contributed by atoms with van der Waals surface area (Å²) in [5, 5.41) is 3.42. The SMILES string of the molecule is CNC(CCC1CCCO1)CSCC(C)C. The van der Waals surface area contributed by atoms with Crippen LogP contribution in [0, 0.1) is 5.92 Å². The van der Waals surface area contributed by atoms with Crippen molar-refractivity contribution in [2.24, 2.45) is 5.92 Å². The largest absolute Gasteiger partial charge is 0.378 e. The number of ether oxygens (including phenoxy) is 1. The van der Waals surface area contributed by atoms with Crippen LogP contribution in [0.3, 0.4) is 0 Å². The van der Waals surface area contributed by atoms with E-state index in [0.29, 0.717) is 12.1 Å². The maximum absolute atomic E-state index is 5.66. The highest BCUT2D eigenvalue weighted by Gasteiger charge is 2.17. The van der Waals surface area contributed by atoms with Crippen LogP contribution >= 0.6 is 11.8 Å². The molecule has 1 rings (SSSR count). The molecule has 0 bridgehead atoms. The van der Waals surface area contributed by atoms with Crippen molar-refractivity contribution in [2.45, 2.75) is 51.7 Å². The lowest BCUT2D eigenvalue weighted by Crippen LogP contribution is -2.29. The van der Waals surface area contributed by atoms with Gasteiger partial charge in [-0.1, -0.05) is 13.8 Å². The van der Waals surface area contributed by atoms with Crippen LogP contribution in [0.5, 0.6) is 0 Å². The van der Waals surface area contributed by atoms with Gasteiger partial charge in [0.05, 0.1) is 6.10 Å². The third-order valence-electron chi connectivity index (χ3n) is 3.04. The normalized spacial score (nSPS) is 22.9. The molecule has 16 heavy (non-hydrogen) atoms. The molecule has 0 spiro atoms. The van der Waals surface area contributed by atoms with Gasteiger partial charge in [0.25, 0.3) is 0 Å². The van der Waals surface area contributed by atoms with Gasteiger partial charge in [-0.2, -0.15) is 11.8 Å². The van der Waals surface area contributed by atoms with Crippen LogP contribution in [0.4, 0.5) is 0 Å². The summed E-state index contributed by atoms with van der Waals surface area (Å²) in [6.07, 6.45) is 5.57. The Bertz CT molecular complexity index is 169. The summed E-state index contributed by atoms with van der Waals surface area (Å²) >= 11 is 2.07. The molecule has 0 aliphatic carbocycles. The smallest absolute Gasteiger partial charge is 0.0576 e. The van der Waals surface area contributed by atoms with Gasteiger partial charge in [-0.05, 0) is 44.4 Å². The molecule has 3 heteroatoms. The van der Waals surface area contributed by atoms with Gasteiger partial charge < -0.3 is 10.1 Å². The summed E-state index contributed by atoms with van der Waals surface area (Å²) in [6.45, 7) is 5.55. The van der Waals surface area contributed by atoms with Crippen LogP contribution in [0.1, 0.15) is 39.5 Å². The summed E-state index contributed by atoms with van der Waals surface area (Å²) in [5.41, 5.74) is 0. The summed E-state index contributed by atoms with van der Waals surface area (Å²) < 4.78 is 5.66. The van der Waals surface area contributed by atoms with Crippen molar-refractivity contribution in [3.63, 3.8) is 0 Å². The molecule has 0 saturated carbocycles. The first-order valence-corrected chi connectivity index (χ1v) is 7.74. The second-order valence-electron chi connectivity index (χ2n) is 5.13. The van der Waals surface area contributed by atoms with E-state index >= 15 is 0 Å². The number of nitrogens with one attached hydrogen (secondary N) is 1. The molecule has 1 aliphatic rings. The summed E-state index contributed by atoms with van der Waals surface area (Å²) in [4.78, 5) is 0. The summed E-state index contributed by atoms with van der Waals surface area (Å²) in [5.74, 6) is 3.32. The summed E-state index contributed by atoms with van der Waals surface area (Å²) in [6, 6.07) is 0.660. The molecular formula is C13H27NOS. The van der Waals surface area contributed by atoms with Crippen LogP contribution in [-0.4, -0.2) is 37.3 Å².